The number of carbonyl (C=O) groups is 1. The molecule has 0 spiro atoms. The summed E-state index contributed by atoms with van der Waals surface area (Å²) in [4.78, 5) is 14.4. The Morgan fingerprint density at radius 3 is 2.65 bits per heavy atom. The van der Waals surface area contributed by atoms with Crippen molar-refractivity contribution in [2.24, 2.45) is 5.92 Å². The lowest BCUT2D eigenvalue weighted by Crippen LogP contribution is -2.47. The number of hydrogen-bond donors (Lipinski definition) is 1. The Morgan fingerprint density at radius 1 is 1.29 bits per heavy atom. The molecule has 1 N–H and O–H groups in total. The minimum absolute atomic E-state index is 0.0577. The molecule has 1 aliphatic rings. The number of para-hydroxylation sites is 1. The van der Waals surface area contributed by atoms with Crippen molar-refractivity contribution in [3.05, 3.63) is 30.3 Å². The first-order valence-corrected chi connectivity index (χ1v) is 6.27. The summed E-state index contributed by atoms with van der Waals surface area (Å²) in [6, 6.07) is 9.87. The summed E-state index contributed by atoms with van der Waals surface area (Å²) in [5.41, 5.74) is 1.01. The minimum atomic E-state index is -0.0577. The third kappa shape index (κ3) is 2.50. The number of nitrogens with zero attached hydrogens (tertiary/aromatic N) is 1. The van der Waals surface area contributed by atoms with E-state index < -0.39 is 0 Å². The fourth-order valence-electron chi connectivity index (χ4n) is 2.53. The number of carbonyl (C=O) groups excluding carboxylic acids is 1. The van der Waals surface area contributed by atoms with Gasteiger partial charge in [0.2, 0.25) is 5.91 Å². The van der Waals surface area contributed by atoms with Gasteiger partial charge < -0.3 is 10.2 Å². The molecule has 1 aromatic rings. The molecular formula is C14H20N2O. The molecule has 1 amide bonds. The third-order valence-electron chi connectivity index (χ3n) is 3.52. The summed E-state index contributed by atoms with van der Waals surface area (Å²) >= 11 is 0. The van der Waals surface area contributed by atoms with Gasteiger partial charge in [-0.1, -0.05) is 25.1 Å². The third-order valence-corrected chi connectivity index (χ3v) is 3.52. The fraction of sp³-hybridized carbons (Fsp3) is 0.500. The smallest absolute Gasteiger partial charge is 0.244 e. The Labute approximate surface area is 103 Å². The van der Waals surface area contributed by atoms with E-state index in [2.05, 4.69) is 12.2 Å². The molecule has 3 nitrogen and oxygen atoms in total. The van der Waals surface area contributed by atoms with E-state index in [9.17, 15) is 4.79 Å². The molecule has 0 aliphatic carbocycles. The average molecular weight is 232 g/mol. The van der Waals surface area contributed by atoms with Gasteiger partial charge in [0.1, 0.15) is 0 Å². The second-order valence-corrected chi connectivity index (χ2v) is 4.71. The van der Waals surface area contributed by atoms with Crippen molar-refractivity contribution in [1.29, 1.82) is 0 Å². The van der Waals surface area contributed by atoms with E-state index in [1.807, 2.05) is 42.3 Å². The van der Waals surface area contributed by atoms with Crippen LogP contribution in [0, 0.1) is 5.92 Å². The Bertz CT molecular complexity index is 377. The Morgan fingerprint density at radius 2 is 2.00 bits per heavy atom. The van der Waals surface area contributed by atoms with Gasteiger partial charge in [-0.25, -0.2) is 0 Å². The quantitative estimate of drug-likeness (QED) is 0.846. The van der Waals surface area contributed by atoms with Gasteiger partial charge in [-0.3, -0.25) is 4.79 Å². The van der Waals surface area contributed by atoms with E-state index in [-0.39, 0.29) is 11.9 Å². The first-order chi connectivity index (χ1) is 8.24. The van der Waals surface area contributed by atoms with Crippen LogP contribution in [0.15, 0.2) is 30.3 Å². The van der Waals surface area contributed by atoms with Gasteiger partial charge in [-0.2, -0.15) is 0 Å². The van der Waals surface area contributed by atoms with Crippen LogP contribution < -0.4 is 10.2 Å². The van der Waals surface area contributed by atoms with Crippen LogP contribution in [0.4, 0.5) is 5.69 Å². The highest BCUT2D eigenvalue weighted by Crippen LogP contribution is 2.23. The molecular weight excluding hydrogens is 212 g/mol. The van der Waals surface area contributed by atoms with E-state index in [0.717, 1.165) is 25.1 Å². The molecule has 0 aromatic heterocycles. The molecule has 2 atom stereocenters. The van der Waals surface area contributed by atoms with Gasteiger partial charge in [0, 0.05) is 12.2 Å². The molecule has 2 unspecified atom stereocenters. The summed E-state index contributed by atoms with van der Waals surface area (Å²) in [5.74, 6) is 0.602. The fourth-order valence-corrected chi connectivity index (χ4v) is 2.53. The van der Waals surface area contributed by atoms with Crippen LogP contribution in [0.2, 0.25) is 0 Å². The highest BCUT2D eigenvalue weighted by Gasteiger charge is 2.31. The second-order valence-electron chi connectivity index (χ2n) is 4.71. The normalized spacial score (nSPS) is 25.8. The molecule has 17 heavy (non-hydrogen) atoms. The SMILES string of the molecule is CNC1C(=O)N(c2ccccc2)CCCC1C. The van der Waals surface area contributed by atoms with Gasteiger partial charge in [-0.05, 0) is 37.9 Å². The van der Waals surface area contributed by atoms with Crippen molar-refractivity contribution in [2.75, 3.05) is 18.5 Å². The van der Waals surface area contributed by atoms with E-state index in [1.165, 1.54) is 0 Å². The van der Waals surface area contributed by atoms with Crippen molar-refractivity contribution in [1.82, 2.24) is 5.32 Å². The molecule has 0 bridgehead atoms. The van der Waals surface area contributed by atoms with Crippen LogP contribution in [-0.2, 0) is 4.79 Å². The highest BCUT2D eigenvalue weighted by atomic mass is 16.2. The second kappa shape index (κ2) is 5.32. The Hall–Kier alpha value is -1.35. The summed E-state index contributed by atoms with van der Waals surface area (Å²) < 4.78 is 0. The van der Waals surface area contributed by atoms with Crippen molar-refractivity contribution < 1.29 is 4.79 Å². The molecule has 2 rings (SSSR count). The lowest BCUT2D eigenvalue weighted by molar-refractivity contribution is -0.121. The van der Waals surface area contributed by atoms with Crippen LogP contribution in [0.3, 0.4) is 0 Å². The molecule has 0 saturated carbocycles. The van der Waals surface area contributed by atoms with Crippen molar-refractivity contribution in [2.45, 2.75) is 25.8 Å². The molecule has 1 fully saturated rings. The summed E-state index contributed by atoms with van der Waals surface area (Å²) in [7, 11) is 1.87. The van der Waals surface area contributed by atoms with Gasteiger partial charge in [-0.15, -0.1) is 0 Å². The standard InChI is InChI=1S/C14H20N2O/c1-11-7-6-10-16(14(17)13(11)15-2)12-8-4-3-5-9-12/h3-5,8-9,11,13,15H,6-7,10H2,1-2H3. The topological polar surface area (TPSA) is 32.3 Å². The number of likely N-dealkylation sites (N-methyl/N-ethyl adjacent to an activating group) is 1. The van der Waals surface area contributed by atoms with Crippen LogP contribution in [0.25, 0.3) is 0 Å². The zero-order valence-corrected chi connectivity index (χ0v) is 10.5. The number of amides is 1. The molecule has 1 aliphatic heterocycles. The molecule has 0 radical (unpaired) electrons. The van der Waals surface area contributed by atoms with Crippen molar-refractivity contribution >= 4 is 11.6 Å². The molecule has 1 heterocycles. The Balaban J connectivity index is 2.25. The molecule has 1 aromatic carbocycles. The largest absolute Gasteiger partial charge is 0.311 e. The molecule has 1 saturated heterocycles. The maximum Gasteiger partial charge on any atom is 0.244 e. The number of hydrogen-bond acceptors (Lipinski definition) is 2. The summed E-state index contributed by atoms with van der Waals surface area (Å²) in [5, 5.41) is 3.15. The van der Waals surface area contributed by atoms with E-state index in [1.54, 1.807) is 0 Å². The molecule has 3 heteroatoms. The Kier molecular flexibility index (Phi) is 3.79. The maximum atomic E-state index is 12.5. The highest BCUT2D eigenvalue weighted by molar-refractivity contribution is 5.97. The van der Waals surface area contributed by atoms with E-state index in [0.29, 0.717) is 5.92 Å². The summed E-state index contributed by atoms with van der Waals surface area (Å²) in [6.07, 6.45) is 2.17. The van der Waals surface area contributed by atoms with Gasteiger partial charge in [0.05, 0.1) is 6.04 Å². The molecule has 92 valence electrons. The van der Waals surface area contributed by atoms with Crippen LogP contribution in [0.5, 0.6) is 0 Å². The number of rotatable bonds is 2. The van der Waals surface area contributed by atoms with E-state index in [4.69, 9.17) is 0 Å². The van der Waals surface area contributed by atoms with Crippen LogP contribution in [-0.4, -0.2) is 25.5 Å². The summed E-state index contributed by atoms with van der Waals surface area (Å²) in [6.45, 7) is 2.97. The van der Waals surface area contributed by atoms with Gasteiger partial charge in [0.25, 0.3) is 0 Å². The van der Waals surface area contributed by atoms with Gasteiger partial charge >= 0.3 is 0 Å². The zero-order valence-electron chi connectivity index (χ0n) is 10.5. The maximum absolute atomic E-state index is 12.5. The zero-order chi connectivity index (χ0) is 12.3. The predicted molar refractivity (Wildman–Crippen MR) is 70.0 cm³/mol. The lowest BCUT2D eigenvalue weighted by atomic mass is 9.98. The number of anilines is 1. The average Bonchev–Trinajstić information content (AvgIpc) is 2.49. The van der Waals surface area contributed by atoms with Crippen molar-refractivity contribution in [3.8, 4) is 0 Å². The lowest BCUT2D eigenvalue weighted by Gasteiger charge is -2.26. The first-order valence-electron chi connectivity index (χ1n) is 6.27. The monoisotopic (exact) mass is 232 g/mol. The number of nitrogens with one attached hydrogen (secondary N) is 1. The van der Waals surface area contributed by atoms with Crippen molar-refractivity contribution in [3.63, 3.8) is 0 Å². The predicted octanol–water partition coefficient (Wildman–Crippen LogP) is 2.04. The minimum Gasteiger partial charge on any atom is -0.311 e. The van der Waals surface area contributed by atoms with Crippen LogP contribution in [0.1, 0.15) is 19.8 Å². The number of benzene rings is 1. The van der Waals surface area contributed by atoms with Gasteiger partial charge in [0.15, 0.2) is 0 Å². The van der Waals surface area contributed by atoms with E-state index >= 15 is 0 Å². The first kappa shape index (κ1) is 12.1. The van der Waals surface area contributed by atoms with Crippen LogP contribution >= 0.6 is 0 Å².